The van der Waals surface area contributed by atoms with E-state index in [0.717, 1.165) is 11.0 Å². The molecule has 0 unspecified atom stereocenters. The van der Waals surface area contributed by atoms with E-state index in [1.165, 1.54) is 0 Å². The quantitative estimate of drug-likeness (QED) is 0.526. The smallest absolute Gasteiger partial charge is 0.112 e. The van der Waals surface area contributed by atoms with Gasteiger partial charge in [0.15, 0.2) is 0 Å². The highest BCUT2D eigenvalue weighted by Crippen LogP contribution is 2.03. The molecule has 1 heterocycles. The maximum atomic E-state index is 8.15. The summed E-state index contributed by atoms with van der Waals surface area (Å²) < 4.78 is 0. The van der Waals surface area contributed by atoms with Crippen LogP contribution in [0.4, 0.5) is 0 Å². The lowest BCUT2D eigenvalue weighted by atomic mass is 10.3. The highest BCUT2D eigenvalue weighted by Gasteiger charge is 1.90. The van der Waals surface area contributed by atoms with Crippen LogP contribution in [0.25, 0.3) is 11.0 Å². The first-order valence-electron chi connectivity index (χ1n) is 5.06. The van der Waals surface area contributed by atoms with Crippen molar-refractivity contribution < 1.29 is 10.2 Å². The summed E-state index contributed by atoms with van der Waals surface area (Å²) in [4.78, 5) is 0. The second kappa shape index (κ2) is 7.75. The lowest BCUT2D eigenvalue weighted by molar-refractivity contribution is 0.267. The molecule has 0 saturated heterocycles. The molecule has 0 radical (unpaired) electrons. The molecule has 0 amide bonds. The largest absolute Gasteiger partial charge is 0.395 e. The number of para-hydroxylation sites is 1. The highest BCUT2D eigenvalue weighted by atomic mass is 16.3. The van der Waals surface area contributed by atoms with Crippen LogP contribution in [0.3, 0.4) is 0 Å². The number of H-pyrrole nitrogens is 1. The summed E-state index contributed by atoms with van der Waals surface area (Å²) in [5.74, 6) is 0. The first-order valence-corrected chi connectivity index (χ1v) is 5.06. The van der Waals surface area contributed by atoms with E-state index in [1.807, 2.05) is 24.3 Å². The first-order chi connectivity index (χ1) is 7.88. The van der Waals surface area contributed by atoms with Gasteiger partial charge in [0.25, 0.3) is 0 Å². The van der Waals surface area contributed by atoms with E-state index in [-0.39, 0.29) is 13.2 Å². The molecule has 0 bridgehead atoms. The van der Waals surface area contributed by atoms with Gasteiger partial charge in [-0.3, -0.25) is 5.10 Å². The second-order valence-corrected chi connectivity index (χ2v) is 3.03. The van der Waals surface area contributed by atoms with E-state index in [9.17, 15) is 0 Å². The van der Waals surface area contributed by atoms with Crippen LogP contribution in [0.2, 0.25) is 0 Å². The van der Waals surface area contributed by atoms with Crippen molar-refractivity contribution in [3.05, 3.63) is 24.3 Å². The van der Waals surface area contributed by atoms with E-state index >= 15 is 0 Å². The van der Waals surface area contributed by atoms with Gasteiger partial charge in [-0.25, -0.2) is 0 Å². The zero-order valence-corrected chi connectivity index (χ0v) is 8.93. The van der Waals surface area contributed by atoms with E-state index in [1.54, 1.807) is 0 Å². The van der Waals surface area contributed by atoms with Crippen LogP contribution in [-0.4, -0.2) is 51.9 Å². The van der Waals surface area contributed by atoms with Crippen LogP contribution < -0.4 is 5.32 Å². The normalized spacial score (nSPS) is 9.88. The summed E-state index contributed by atoms with van der Waals surface area (Å²) in [6.45, 7) is 1.42. The van der Waals surface area contributed by atoms with E-state index in [2.05, 4.69) is 20.7 Å². The number of rotatable bonds is 4. The summed E-state index contributed by atoms with van der Waals surface area (Å²) in [5, 5.41) is 29.3. The predicted octanol–water partition coefficient (Wildman–Crippen LogP) is -0.482. The lowest BCUT2D eigenvalue weighted by Gasteiger charge is -1.94. The number of aromatic amines is 1. The van der Waals surface area contributed by atoms with Gasteiger partial charge in [-0.05, 0) is 12.1 Å². The fraction of sp³-hybridized carbons (Fsp3) is 0.400. The molecule has 0 aliphatic rings. The molecular weight excluding hydrogens is 208 g/mol. The maximum Gasteiger partial charge on any atom is 0.112 e. The number of fused-ring (bicyclic) bond motifs is 1. The van der Waals surface area contributed by atoms with Crippen LogP contribution in [0, 0.1) is 0 Å². The Morgan fingerprint density at radius 1 is 1.12 bits per heavy atom. The van der Waals surface area contributed by atoms with Crippen LogP contribution in [0.5, 0.6) is 0 Å². The molecule has 0 aliphatic heterocycles. The zero-order chi connectivity index (χ0) is 11.6. The lowest BCUT2D eigenvalue weighted by Crippen LogP contribution is -2.21. The predicted molar refractivity (Wildman–Crippen MR) is 60.9 cm³/mol. The van der Waals surface area contributed by atoms with Gasteiger partial charge >= 0.3 is 0 Å². The second-order valence-electron chi connectivity index (χ2n) is 3.03. The molecule has 6 heteroatoms. The molecule has 6 nitrogen and oxygen atoms in total. The Kier molecular flexibility index (Phi) is 6.09. The zero-order valence-electron chi connectivity index (χ0n) is 8.93. The average molecular weight is 224 g/mol. The van der Waals surface area contributed by atoms with Crippen molar-refractivity contribution in [1.82, 2.24) is 20.7 Å². The Bertz CT molecular complexity index is 357. The van der Waals surface area contributed by atoms with Gasteiger partial charge in [0, 0.05) is 13.1 Å². The molecular formula is C10H16N4O2. The van der Waals surface area contributed by atoms with E-state index < -0.39 is 0 Å². The minimum atomic E-state index is 0.139. The van der Waals surface area contributed by atoms with Gasteiger partial charge in [0.1, 0.15) is 5.52 Å². The molecule has 0 saturated carbocycles. The molecule has 0 fully saturated rings. The first kappa shape index (κ1) is 12.6. The van der Waals surface area contributed by atoms with Crippen molar-refractivity contribution >= 4 is 11.0 Å². The van der Waals surface area contributed by atoms with Crippen molar-refractivity contribution in [2.75, 3.05) is 26.3 Å². The van der Waals surface area contributed by atoms with Crippen LogP contribution in [0.15, 0.2) is 24.3 Å². The number of aliphatic hydroxyl groups is 2. The summed E-state index contributed by atoms with van der Waals surface area (Å²) in [5.41, 5.74) is 1.90. The van der Waals surface area contributed by atoms with Crippen molar-refractivity contribution in [3.8, 4) is 0 Å². The van der Waals surface area contributed by atoms with Gasteiger partial charge in [-0.1, -0.05) is 17.3 Å². The number of aliphatic hydroxyl groups excluding tert-OH is 2. The number of hydrogen-bond donors (Lipinski definition) is 4. The minimum Gasteiger partial charge on any atom is -0.395 e. The molecule has 2 rings (SSSR count). The fourth-order valence-corrected chi connectivity index (χ4v) is 1.07. The molecule has 88 valence electrons. The van der Waals surface area contributed by atoms with Crippen molar-refractivity contribution in [3.63, 3.8) is 0 Å². The van der Waals surface area contributed by atoms with Crippen molar-refractivity contribution in [2.24, 2.45) is 0 Å². The summed E-state index contributed by atoms with van der Waals surface area (Å²) >= 11 is 0. The van der Waals surface area contributed by atoms with Gasteiger partial charge in [0.05, 0.1) is 18.7 Å². The van der Waals surface area contributed by atoms with Crippen LogP contribution in [0.1, 0.15) is 0 Å². The topological polar surface area (TPSA) is 94.1 Å². The van der Waals surface area contributed by atoms with Crippen LogP contribution >= 0.6 is 0 Å². The number of hydrogen-bond acceptors (Lipinski definition) is 5. The Balaban J connectivity index is 0.000000168. The monoisotopic (exact) mass is 224 g/mol. The minimum absolute atomic E-state index is 0.139. The number of aromatic nitrogens is 3. The molecule has 4 N–H and O–H groups in total. The van der Waals surface area contributed by atoms with Gasteiger partial charge in [-0.15, -0.1) is 5.10 Å². The van der Waals surface area contributed by atoms with Crippen LogP contribution in [-0.2, 0) is 0 Å². The Morgan fingerprint density at radius 2 is 1.81 bits per heavy atom. The molecule has 1 aromatic carbocycles. The van der Waals surface area contributed by atoms with E-state index in [0.29, 0.717) is 13.1 Å². The molecule has 0 aliphatic carbocycles. The molecule has 0 atom stereocenters. The highest BCUT2D eigenvalue weighted by molar-refractivity contribution is 5.72. The number of nitrogens with zero attached hydrogens (tertiary/aromatic N) is 2. The number of benzene rings is 1. The van der Waals surface area contributed by atoms with Crippen molar-refractivity contribution in [1.29, 1.82) is 0 Å². The Morgan fingerprint density at radius 3 is 2.44 bits per heavy atom. The summed E-state index contributed by atoms with van der Waals surface area (Å²) in [6, 6.07) is 7.74. The van der Waals surface area contributed by atoms with Gasteiger partial charge in [-0.2, -0.15) is 0 Å². The third-order valence-electron chi connectivity index (χ3n) is 1.81. The van der Waals surface area contributed by atoms with Crippen molar-refractivity contribution in [2.45, 2.75) is 0 Å². The standard InChI is InChI=1S/C6H5N3.C4H11NO2/c1-2-4-6-5(3-1)7-9-8-6;6-3-1-5-2-4-7/h1-4H,(H,7,8,9);5-7H,1-4H2. The Labute approximate surface area is 93.3 Å². The Hall–Kier alpha value is -1.50. The third kappa shape index (κ3) is 4.35. The molecule has 2 aromatic rings. The summed E-state index contributed by atoms with van der Waals surface area (Å²) in [6.07, 6.45) is 0. The third-order valence-corrected chi connectivity index (χ3v) is 1.81. The SMILES string of the molecule is OCCNCCO.c1ccc2[nH]nnc2c1. The van der Waals surface area contributed by atoms with E-state index in [4.69, 9.17) is 10.2 Å². The average Bonchev–Trinajstić information content (AvgIpc) is 2.78. The van der Waals surface area contributed by atoms with Gasteiger partial charge < -0.3 is 15.5 Å². The molecule has 1 aromatic heterocycles. The number of nitrogens with one attached hydrogen (secondary N) is 2. The van der Waals surface area contributed by atoms with Gasteiger partial charge in [0.2, 0.25) is 0 Å². The fourth-order valence-electron chi connectivity index (χ4n) is 1.07. The maximum absolute atomic E-state index is 8.15. The molecule has 0 spiro atoms. The molecule has 16 heavy (non-hydrogen) atoms. The summed E-state index contributed by atoms with van der Waals surface area (Å²) in [7, 11) is 0.